The van der Waals surface area contributed by atoms with E-state index in [0.717, 1.165) is 83.5 Å². The van der Waals surface area contributed by atoms with Gasteiger partial charge in [-0.15, -0.1) is 0 Å². The smallest absolute Gasteiger partial charge is 0.225 e. The third kappa shape index (κ3) is 6.15. The molecule has 1 atom stereocenters. The Hall–Kier alpha value is -3.87. The number of rotatable bonds is 13. The largest absolute Gasteiger partial charge is 0.497 e. The first kappa shape index (κ1) is 25.8. The molecule has 0 aliphatic heterocycles. The number of carbonyl (C=O) groups is 2. The lowest BCUT2D eigenvalue weighted by atomic mass is 10.0. The summed E-state index contributed by atoms with van der Waals surface area (Å²) in [6.45, 7) is 1.99. The van der Waals surface area contributed by atoms with Crippen molar-refractivity contribution in [3.63, 3.8) is 0 Å². The topological polar surface area (TPSA) is 99.9 Å². The highest BCUT2D eigenvalue weighted by Crippen LogP contribution is 2.32. The van der Waals surface area contributed by atoms with E-state index in [1.54, 1.807) is 7.11 Å². The maximum absolute atomic E-state index is 13.3. The summed E-state index contributed by atoms with van der Waals surface area (Å²) in [6, 6.07) is 15.7. The highest BCUT2D eigenvalue weighted by Gasteiger charge is 2.28. The zero-order valence-corrected chi connectivity index (χ0v) is 22.2. The molecule has 2 aromatic heterocycles. The van der Waals surface area contributed by atoms with Crippen molar-refractivity contribution in [1.82, 2.24) is 20.3 Å². The second-order valence-electron chi connectivity index (χ2n) is 10.3. The van der Waals surface area contributed by atoms with Crippen molar-refractivity contribution in [1.29, 1.82) is 0 Å². The van der Waals surface area contributed by atoms with Gasteiger partial charge in [0.05, 0.1) is 31.5 Å². The van der Waals surface area contributed by atoms with Crippen LogP contribution in [-0.4, -0.2) is 33.8 Å². The monoisotopic (exact) mass is 512 g/mol. The van der Waals surface area contributed by atoms with Gasteiger partial charge in [-0.25, -0.2) is 4.98 Å². The van der Waals surface area contributed by atoms with E-state index >= 15 is 0 Å². The summed E-state index contributed by atoms with van der Waals surface area (Å²) in [5, 5.41) is 4.24. The van der Waals surface area contributed by atoms with Gasteiger partial charge in [-0.3, -0.25) is 9.59 Å². The number of unbranched alkanes of at least 4 members (excludes halogenated alkanes) is 2. The quantitative estimate of drug-likeness (QED) is 0.186. The molecule has 2 aromatic carbocycles. The van der Waals surface area contributed by atoms with Gasteiger partial charge < -0.3 is 20.0 Å². The van der Waals surface area contributed by atoms with Gasteiger partial charge in [-0.2, -0.15) is 0 Å². The number of methoxy groups -OCH3 is 1. The van der Waals surface area contributed by atoms with E-state index < -0.39 is 0 Å². The average molecular weight is 513 g/mol. The molecule has 4 aromatic rings. The van der Waals surface area contributed by atoms with Crippen LogP contribution >= 0.6 is 0 Å². The van der Waals surface area contributed by atoms with Crippen LogP contribution < -0.4 is 10.1 Å². The molecule has 1 aliphatic rings. The molecule has 5 rings (SSSR count). The SMILES string of the molecule is COc1ccc2[nH]c(C)c(CC(=O)N[C@@H](CCCCCC(=O)C3CC3)c3ncc(-c4ccccc4)[nH]3)c2c1. The Kier molecular flexibility index (Phi) is 7.91. The van der Waals surface area contributed by atoms with Crippen molar-refractivity contribution in [3.8, 4) is 17.0 Å². The first-order valence-electron chi connectivity index (χ1n) is 13.6. The van der Waals surface area contributed by atoms with Crippen LogP contribution in [0.15, 0.2) is 54.7 Å². The minimum absolute atomic E-state index is 0.0524. The van der Waals surface area contributed by atoms with Crippen LogP contribution in [-0.2, 0) is 16.0 Å². The fraction of sp³-hybridized carbons (Fsp3) is 0.387. The lowest BCUT2D eigenvalue weighted by Gasteiger charge is -2.17. The summed E-state index contributed by atoms with van der Waals surface area (Å²) >= 11 is 0. The van der Waals surface area contributed by atoms with E-state index in [2.05, 4.69) is 20.3 Å². The minimum Gasteiger partial charge on any atom is -0.497 e. The number of hydrogen-bond donors (Lipinski definition) is 3. The number of ketones is 1. The molecule has 1 fully saturated rings. The normalized spacial score (nSPS) is 13.9. The Morgan fingerprint density at radius 1 is 1.08 bits per heavy atom. The van der Waals surface area contributed by atoms with Gasteiger partial charge in [0.15, 0.2) is 0 Å². The fourth-order valence-electron chi connectivity index (χ4n) is 5.11. The van der Waals surface area contributed by atoms with Gasteiger partial charge in [0.1, 0.15) is 17.4 Å². The van der Waals surface area contributed by atoms with E-state index in [-0.39, 0.29) is 18.4 Å². The maximum atomic E-state index is 13.3. The number of ether oxygens (including phenoxy) is 1. The number of benzene rings is 2. The molecule has 0 unspecified atom stereocenters. The van der Waals surface area contributed by atoms with Crippen LogP contribution in [0.5, 0.6) is 5.75 Å². The van der Waals surface area contributed by atoms with Crippen LogP contribution in [0.3, 0.4) is 0 Å². The molecule has 38 heavy (non-hydrogen) atoms. The van der Waals surface area contributed by atoms with Crippen LogP contribution in [0.1, 0.15) is 68.1 Å². The highest BCUT2D eigenvalue weighted by atomic mass is 16.5. The summed E-state index contributed by atoms with van der Waals surface area (Å²) in [5.41, 5.74) is 4.91. The minimum atomic E-state index is -0.237. The summed E-state index contributed by atoms with van der Waals surface area (Å²) < 4.78 is 5.40. The molecule has 1 aliphatic carbocycles. The number of carbonyl (C=O) groups excluding carboxylic acids is 2. The molecule has 1 saturated carbocycles. The van der Waals surface area contributed by atoms with Crippen molar-refractivity contribution in [3.05, 3.63) is 71.8 Å². The number of fused-ring (bicyclic) bond motifs is 1. The number of aromatic amines is 2. The number of aromatic nitrogens is 3. The van der Waals surface area contributed by atoms with E-state index in [1.807, 2.05) is 61.7 Å². The molecule has 0 bridgehead atoms. The van der Waals surface area contributed by atoms with Gasteiger partial charge in [0, 0.05) is 28.9 Å². The third-order valence-corrected chi connectivity index (χ3v) is 7.46. The Morgan fingerprint density at radius 3 is 2.66 bits per heavy atom. The molecule has 1 amide bonds. The lowest BCUT2D eigenvalue weighted by Crippen LogP contribution is -2.30. The first-order chi connectivity index (χ1) is 18.5. The zero-order valence-electron chi connectivity index (χ0n) is 22.2. The van der Waals surface area contributed by atoms with Crippen LogP contribution in [0, 0.1) is 12.8 Å². The predicted molar refractivity (Wildman–Crippen MR) is 149 cm³/mol. The van der Waals surface area contributed by atoms with E-state index in [0.29, 0.717) is 18.1 Å². The zero-order chi connectivity index (χ0) is 26.5. The number of amides is 1. The van der Waals surface area contributed by atoms with Crippen molar-refractivity contribution in [2.45, 2.75) is 64.3 Å². The average Bonchev–Trinajstić information content (AvgIpc) is 3.59. The van der Waals surface area contributed by atoms with Gasteiger partial charge in [-0.1, -0.05) is 43.2 Å². The highest BCUT2D eigenvalue weighted by molar-refractivity contribution is 5.91. The van der Waals surface area contributed by atoms with Gasteiger partial charge in [0.2, 0.25) is 5.91 Å². The predicted octanol–water partition coefficient (Wildman–Crippen LogP) is 6.20. The Morgan fingerprint density at radius 2 is 1.89 bits per heavy atom. The molecule has 198 valence electrons. The summed E-state index contributed by atoms with van der Waals surface area (Å²) in [6.07, 6.45) is 8.42. The Balaban J connectivity index is 1.28. The number of nitrogens with zero attached hydrogens (tertiary/aromatic N) is 1. The van der Waals surface area contributed by atoms with E-state index in [1.165, 1.54) is 0 Å². The number of nitrogens with one attached hydrogen (secondary N) is 3. The maximum Gasteiger partial charge on any atom is 0.225 e. The van der Waals surface area contributed by atoms with Crippen LogP contribution in [0.4, 0.5) is 0 Å². The molecule has 7 nitrogen and oxygen atoms in total. The number of aryl methyl sites for hydroxylation is 1. The van der Waals surface area contributed by atoms with Crippen LogP contribution in [0.25, 0.3) is 22.2 Å². The van der Waals surface area contributed by atoms with Crippen molar-refractivity contribution < 1.29 is 14.3 Å². The molecule has 0 spiro atoms. The van der Waals surface area contributed by atoms with Crippen molar-refractivity contribution >= 4 is 22.6 Å². The summed E-state index contributed by atoms with van der Waals surface area (Å²) in [4.78, 5) is 36.8. The number of Topliss-reactive ketones (excluding diaryl/α,β-unsaturated/α-hetero) is 1. The van der Waals surface area contributed by atoms with Crippen molar-refractivity contribution in [2.24, 2.45) is 5.92 Å². The van der Waals surface area contributed by atoms with Gasteiger partial charge in [-0.05, 0) is 61.9 Å². The molecule has 0 radical (unpaired) electrons. The van der Waals surface area contributed by atoms with Gasteiger partial charge >= 0.3 is 0 Å². The molecule has 7 heteroatoms. The molecular formula is C31H36N4O3. The molecule has 2 heterocycles. The second-order valence-corrected chi connectivity index (χ2v) is 10.3. The van der Waals surface area contributed by atoms with E-state index in [9.17, 15) is 9.59 Å². The number of H-pyrrole nitrogens is 2. The number of imidazole rings is 1. The summed E-state index contributed by atoms with van der Waals surface area (Å²) in [7, 11) is 1.65. The third-order valence-electron chi connectivity index (χ3n) is 7.46. The van der Waals surface area contributed by atoms with E-state index in [4.69, 9.17) is 4.74 Å². The van der Waals surface area contributed by atoms with Crippen molar-refractivity contribution in [2.75, 3.05) is 7.11 Å². The van der Waals surface area contributed by atoms with Gasteiger partial charge in [0.25, 0.3) is 0 Å². The first-order valence-corrected chi connectivity index (χ1v) is 13.6. The molecular weight excluding hydrogens is 476 g/mol. The Bertz CT molecular complexity index is 1400. The van der Waals surface area contributed by atoms with Crippen LogP contribution in [0.2, 0.25) is 0 Å². The standard InChI is InChI=1S/C31H36N4O3/c1-20-24(25-17-23(38-2)15-16-26(25)33-20)18-30(37)34-27(11-7-4-8-12-29(36)22-13-14-22)31-32-19-28(35-31)21-9-5-3-6-10-21/h3,5-6,9-10,15-17,19,22,27,33H,4,7-8,11-14,18H2,1-2H3,(H,32,35)(H,34,37)/t27-/m0/s1. The lowest BCUT2D eigenvalue weighted by molar-refractivity contribution is -0.121. The molecule has 3 N–H and O–H groups in total. The fourth-order valence-corrected chi connectivity index (χ4v) is 5.11. The number of hydrogen-bond acceptors (Lipinski definition) is 4. The Labute approximate surface area is 223 Å². The summed E-state index contributed by atoms with van der Waals surface area (Å²) in [5.74, 6) is 2.21. The second kappa shape index (κ2) is 11.7. The molecule has 0 saturated heterocycles.